The van der Waals surface area contributed by atoms with Crippen LogP contribution in [0.4, 0.5) is 5.69 Å². The second kappa shape index (κ2) is 9.92. The van der Waals surface area contributed by atoms with E-state index in [1.54, 1.807) is 6.07 Å². The summed E-state index contributed by atoms with van der Waals surface area (Å²) >= 11 is 0. The first-order chi connectivity index (χ1) is 13.6. The van der Waals surface area contributed by atoms with E-state index in [1.807, 2.05) is 32.0 Å². The number of hydrogen-bond donors (Lipinski definition) is 1. The largest absolute Gasteiger partial charge is 0.349 e. The number of benzene rings is 2. The Bertz CT molecular complexity index is 954. The van der Waals surface area contributed by atoms with Crippen molar-refractivity contribution in [2.75, 3.05) is 17.1 Å². The smallest absolute Gasteiger partial charge is 0.232 e. The number of amides is 1. The van der Waals surface area contributed by atoms with Crippen LogP contribution in [-0.4, -0.2) is 27.1 Å². The van der Waals surface area contributed by atoms with Crippen molar-refractivity contribution in [1.29, 1.82) is 0 Å². The zero-order valence-electron chi connectivity index (χ0n) is 18.0. The Kier molecular flexibility index (Phi) is 7.85. The Labute approximate surface area is 175 Å². The molecular weight excluding hydrogens is 384 g/mol. The molecule has 0 spiro atoms. The number of nitrogens with one attached hydrogen (secondary N) is 1. The van der Waals surface area contributed by atoms with E-state index in [-0.39, 0.29) is 24.9 Å². The van der Waals surface area contributed by atoms with Crippen LogP contribution in [-0.2, 0) is 14.8 Å². The van der Waals surface area contributed by atoms with E-state index in [9.17, 15) is 13.2 Å². The molecule has 0 fully saturated rings. The minimum absolute atomic E-state index is 0.0366. The van der Waals surface area contributed by atoms with Crippen molar-refractivity contribution in [3.05, 3.63) is 64.7 Å². The molecule has 2 rings (SSSR count). The zero-order valence-corrected chi connectivity index (χ0v) is 18.8. The van der Waals surface area contributed by atoms with Crippen LogP contribution in [0.2, 0.25) is 0 Å². The third-order valence-electron chi connectivity index (χ3n) is 5.09. The fraction of sp³-hybridized carbons (Fsp3) is 0.435. The van der Waals surface area contributed by atoms with Crippen LogP contribution in [0.25, 0.3) is 0 Å². The second-order valence-corrected chi connectivity index (χ2v) is 9.52. The highest BCUT2D eigenvalue weighted by atomic mass is 32.2. The van der Waals surface area contributed by atoms with Gasteiger partial charge in [-0.25, -0.2) is 8.42 Å². The van der Waals surface area contributed by atoms with E-state index < -0.39 is 10.0 Å². The monoisotopic (exact) mass is 416 g/mol. The molecule has 0 aromatic heterocycles. The minimum Gasteiger partial charge on any atom is -0.349 e. The molecule has 0 heterocycles. The zero-order chi connectivity index (χ0) is 21.6. The highest BCUT2D eigenvalue weighted by molar-refractivity contribution is 7.92. The van der Waals surface area contributed by atoms with Gasteiger partial charge in [-0.1, -0.05) is 48.9 Å². The van der Waals surface area contributed by atoms with Gasteiger partial charge in [-0.05, 0) is 56.4 Å². The van der Waals surface area contributed by atoms with Crippen molar-refractivity contribution in [2.45, 2.75) is 53.0 Å². The number of carbonyl (C=O) groups excluding carboxylic acids is 1. The van der Waals surface area contributed by atoms with E-state index in [0.717, 1.165) is 17.5 Å². The van der Waals surface area contributed by atoms with Crippen LogP contribution in [0, 0.1) is 20.8 Å². The van der Waals surface area contributed by atoms with E-state index in [2.05, 4.69) is 37.4 Å². The summed E-state index contributed by atoms with van der Waals surface area (Å²) in [7, 11) is -3.42. The fourth-order valence-electron chi connectivity index (χ4n) is 3.57. The van der Waals surface area contributed by atoms with Crippen LogP contribution in [0.3, 0.4) is 0 Å². The van der Waals surface area contributed by atoms with Gasteiger partial charge in [0, 0.05) is 13.0 Å². The number of nitrogens with zero attached hydrogens (tertiary/aromatic N) is 1. The minimum atomic E-state index is -3.42. The molecule has 0 aliphatic carbocycles. The molecule has 5 nitrogen and oxygen atoms in total. The van der Waals surface area contributed by atoms with Crippen LogP contribution in [0.5, 0.6) is 0 Å². The van der Waals surface area contributed by atoms with Gasteiger partial charge in [0.05, 0.1) is 18.0 Å². The van der Waals surface area contributed by atoms with Crippen molar-refractivity contribution < 1.29 is 13.2 Å². The molecule has 0 radical (unpaired) electrons. The molecule has 6 heteroatoms. The van der Waals surface area contributed by atoms with Crippen LogP contribution in [0.15, 0.2) is 42.5 Å². The Balaban J connectivity index is 2.01. The summed E-state index contributed by atoms with van der Waals surface area (Å²) in [5.41, 5.74) is 5.05. The molecule has 0 saturated carbocycles. The van der Waals surface area contributed by atoms with Gasteiger partial charge in [0.15, 0.2) is 0 Å². The van der Waals surface area contributed by atoms with E-state index >= 15 is 0 Å². The van der Waals surface area contributed by atoms with Crippen molar-refractivity contribution in [1.82, 2.24) is 5.32 Å². The van der Waals surface area contributed by atoms with Gasteiger partial charge in [0.2, 0.25) is 15.9 Å². The summed E-state index contributed by atoms with van der Waals surface area (Å²) in [5, 5.41) is 3.10. The van der Waals surface area contributed by atoms with Gasteiger partial charge in [0.1, 0.15) is 0 Å². The van der Waals surface area contributed by atoms with Crippen LogP contribution < -0.4 is 9.62 Å². The summed E-state index contributed by atoms with van der Waals surface area (Å²) in [5.74, 6) is -0.0601. The lowest BCUT2D eigenvalue weighted by Crippen LogP contribution is -2.33. The SMILES string of the molecule is CC[C@H](NC(=O)CCCN(c1ccccc1C)S(C)(=O)=O)c1ccc(C)cc1C. The maximum absolute atomic E-state index is 12.5. The first-order valence-corrected chi connectivity index (χ1v) is 11.9. The quantitative estimate of drug-likeness (QED) is 0.658. The standard InChI is InChI=1S/C23H32N2O3S/c1-6-21(20-14-13-17(2)16-19(20)4)24-23(26)12-9-15-25(29(5,27)28)22-11-8-7-10-18(22)3/h7-8,10-11,13-14,16,21H,6,9,12,15H2,1-5H3,(H,24,26)/t21-/m0/s1. The molecule has 1 atom stereocenters. The normalized spacial score (nSPS) is 12.4. The number of anilines is 1. The molecular formula is C23H32N2O3S. The van der Waals surface area contributed by atoms with Crippen LogP contribution >= 0.6 is 0 Å². The van der Waals surface area contributed by atoms with E-state index in [4.69, 9.17) is 0 Å². The Morgan fingerprint density at radius 3 is 2.34 bits per heavy atom. The van der Waals surface area contributed by atoms with Gasteiger partial charge in [-0.3, -0.25) is 9.10 Å². The van der Waals surface area contributed by atoms with Gasteiger partial charge < -0.3 is 5.32 Å². The highest BCUT2D eigenvalue weighted by Gasteiger charge is 2.20. The Hall–Kier alpha value is -2.34. The maximum Gasteiger partial charge on any atom is 0.232 e. The van der Waals surface area contributed by atoms with Gasteiger partial charge >= 0.3 is 0 Å². The molecule has 0 unspecified atom stereocenters. The summed E-state index contributed by atoms with van der Waals surface area (Å²) in [6, 6.07) is 13.6. The van der Waals surface area contributed by atoms with Crippen molar-refractivity contribution in [3.8, 4) is 0 Å². The molecule has 2 aromatic carbocycles. The van der Waals surface area contributed by atoms with Gasteiger partial charge in [-0.2, -0.15) is 0 Å². The third-order valence-corrected chi connectivity index (χ3v) is 6.27. The number of sulfonamides is 1. The van der Waals surface area contributed by atoms with Crippen molar-refractivity contribution in [2.24, 2.45) is 0 Å². The summed E-state index contributed by atoms with van der Waals surface area (Å²) < 4.78 is 25.9. The first-order valence-electron chi connectivity index (χ1n) is 10.0. The predicted octanol–water partition coefficient (Wildman–Crippen LogP) is 4.43. The Morgan fingerprint density at radius 1 is 1.07 bits per heavy atom. The number of para-hydroxylation sites is 1. The summed E-state index contributed by atoms with van der Waals surface area (Å²) in [6.07, 6.45) is 2.73. The molecule has 158 valence electrons. The number of hydrogen-bond acceptors (Lipinski definition) is 3. The predicted molar refractivity (Wildman–Crippen MR) is 120 cm³/mol. The number of aryl methyl sites for hydroxylation is 3. The van der Waals surface area contributed by atoms with E-state index in [1.165, 1.54) is 21.7 Å². The lowest BCUT2D eigenvalue weighted by atomic mass is 9.97. The molecule has 29 heavy (non-hydrogen) atoms. The van der Waals surface area contributed by atoms with Gasteiger partial charge in [-0.15, -0.1) is 0 Å². The second-order valence-electron chi connectivity index (χ2n) is 7.61. The first kappa shape index (κ1) is 22.9. The summed E-state index contributed by atoms with van der Waals surface area (Å²) in [6.45, 7) is 8.32. The van der Waals surface area contributed by atoms with Crippen molar-refractivity contribution >= 4 is 21.6 Å². The molecule has 0 aliphatic heterocycles. The molecule has 1 amide bonds. The molecule has 1 N–H and O–H groups in total. The average molecular weight is 417 g/mol. The summed E-state index contributed by atoms with van der Waals surface area (Å²) in [4.78, 5) is 12.5. The topological polar surface area (TPSA) is 66.5 Å². The van der Waals surface area contributed by atoms with Crippen molar-refractivity contribution in [3.63, 3.8) is 0 Å². The average Bonchev–Trinajstić information content (AvgIpc) is 2.64. The van der Waals surface area contributed by atoms with Gasteiger partial charge in [0.25, 0.3) is 0 Å². The molecule has 0 aliphatic rings. The lowest BCUT2D eigenvalue weighted by Gasteiger charge is -2.24. The third kappa shape index (κ3) is 6.32. The molecule has 2 aromatic rings. The number of rotatable bonds is 9. The molecule has 0 bridgehead atoms. The molecule has 0 saturated heterocycles. The number of carbonyl (C=O) groups is 1. The lowest BCUT2D eigenvalue weighted by molar-refractivity contribution is -0.121. The Morgan fingerprint density at radius 2 is 1.76 bits per heavy atom. The fourth-order valence-corrected chi connectivity index (χ4v) is 4.60. The van der Waals surface area contributed by atoms with Crippen LogP contribution in [0.1, 0.15) is 54.5 Å². The maximum atomic E-state index is 12.5. The van der Waals surface area contributed by atoms with E-state index in [0.29, 0.717) is 12.1 Å². The highest BCUT2D eigenvalue weighted by Crippen LogP contribution is 2.24.